The predicted molar refractivity (Wildman–Crippen MR) is 128 cm³/mol. The van der Waals surface area contributed by atoms with Crippen molar-refractivity contribution >= 4 is 51.9 Å². The molecule has 2 aromatic heterocycles. The van der Waals surface area contributed by atoms with Crippen LogP contribution in [0.15, 0.2) is 53.8 Å². The number of aromatic amines is 1. The minimum Gasteiger partial charge on any atom is -0.340 e. The first kappa shape index (κ1) is 21.2. The van der Waals surface area contributed by atoms with E-state index in [9.17, 15) is 4.79 Å². The molecule has 6 nitrogen and oxygen atoms in total. The summed E-state index contributed by atoms with van der Waals surface area (Å²) in [5, 5.41) is 0.860. The maximum absolute atomic E-state index is 13.7. The number of halogens is 2. The number of rotatable bonds is 4. The molecule has 1 amide bonds. The van der Waals surface area contributed by atoms with Gasteiger partial charge < -0.3 is 9.88 Å². The zero-order valence-electron chi connectivity index (χ0n) is 17.2. The summed E-state index contributed by atoms with van der Waals surface area (Å²) < 4.78 is 0. The Bertz CT molecular complexity index is 1320. The maximum Gasteiger partial charge on any atom is 0.258 e. The Hall–Kier alpha value is -2.61. The number of aromatic nitrogens is 4. The average Bonchev–Trinajstić information content (AvgIpc) is 3.47. The van der Waals surface area contributed by atoms with E-state index in [0.717, 1.165) is 34.6 Å². The first-order valence-electron chi connectivity index (χ1n) is 10.2. The highest BCUT2D eigenvalue weighted by Crippen LogP contribution is 2.36. The van der Waals surface area contributed by atoms with E-state index in [1.165, 1.54) is 6.33 Å². The Morgan fingerprint density at radius 2 is 2.09 bits per heavy atom. The molecule has 1 fully saturated rings. The number of amides is 1. The van der Waals surface area contributed by atoms with E-state index in [-0.39, 0.29) is 11.9 Å². The highest BCUT2D eigenvalue weighted by atomic mass is 35.5. The summed E-state index contributed by atoms with van der Waals surface area (Å²) in [5.41, 5.74) is 3.59. The van der Waals surface area contributed by atoms with Crippen molar-refractivity contribution in [2.45, 2.75) is 23.8 Å². The molecule has 162 valence electrons. The van der Waals surface area contributed by atoms with Crippen LogP contribution in [0.4, 0.5) is 0 Å². The van der Waals surface area contributed by atoms with Gasteiger partial charge in [-0.3, -0.25) is 4.79 Å². The van der Waals surface area contributed by atoms with Crippen molar-refractivity contribution in [3.8, 4) is 11.3 Å². The molecule has 0 radical (unpaired) electrons. The Morgan fingerprint density at radius 3 is 2.91 bits per heavy atom. The van der Waals surface area contributed by atoms with E-state index in [1.54, 1.807) is 36.2 Å². The van der Waals surface area contributed by atoms with Gasteiger partial charge in [0.2, 0.25) is 0 Å². The van der Waals surface area contributed by atoms with Crippen LogP contribution in [-0.4, -0.2) is 43.5 Å². The van der Waals surface area contributed by atoms with E-state index in [0.29, 0.717) is 33.4 Å². The molecule has 9 heteroatoms. The summed E-state index contributed by atoms with van der Waals surface area (Å²) >= 11 is 13.9. The molecular formula is C23H19Cl2N5OS. The van der Waals surface area contributed by atoms with Crippen molar-refractivity contribution in [2.24, 2.45) is 0 Å². The second-order valence-corrected chi connectivity index (χ2v) is 9.21. The minimum atomic E-state index is -0.133. The van der Waals surface area contributed by atoms with Crippen molar-refractivity contribution in [2.75, 3.05) is 12.8 Å². The molecule has 5 rings (SSSR count). The summed E-state index contributed by atoms with van der Waals surface area (Å²) in [6.07, 6.45) is 6.77. The molecule has 1 aliphatic heterocycles. The molecule has 1 aliphatic rings. The number of H-pyrrole nitrogens is 1. The lowest BCUT2D eigenvalue weighted by molar-refractivity contribution is 0.0730. The molecule has 0 saturated carbocycles. The zero-order chi connectivity index (χ0) is 22.2. The van der Waals surface area contributed by atoms with Crippen molar-refractivity contribution in [1.82, 2.24) is 24.8 Å². The van der Waals surface area contributed by atoms with Gasteiger partial charge in [0.1, 0.15) is 17.7 Å². The molecule has 0 unspecified atom stereocenters. The van der Waals surface area contributed by atoms with Crippen LogP contribution in [0, 0.1) is 0 Å². The smallest absolute Gasteiger partial charge is 0.258 e. The molecule has 0 spiro atoms. The topological polar surface area (TPSA) is 74.8 Å². The number of thioether (sulfide) groups is 1. The van der Waals surface area contributed by atoms with Crippen molar-refractivity contribution in [3.63, 3.8) is 0 Å². The van der Waals surface area contributed by atoms with Crippen molar-refractivity contribution in [3.05, 3.63) is 70.4 Å². The molecule has 32 heavy (non-hydrogen) atoms. The summed E-state index contributed by atoms with van der Waals surface area (Å²) in [7, 11) is 0. The first-order valence-corrected chi connectivity index (χ1v) is 12.1. The second-order valence-electron chi connectivity index (χ2n) is 7.55. The lowest BCUT2D eigenvalue weighted by atomic mass is 10.1. The van der Waals surface area contributed by atoms with Gasteiger partial charge in [-0.05, 0) is 43.4 Å². The Balaban J connectivity index is 1.52. The molecule has 3 heterocycles. The number of carbonyl (C=O) groups excluding carboxylic acids is 1. The van der Waals surface area contributed by atoms with Crippen LogP contribution in [0.5, 0.6) is 0 Å². The third-order valence-electron chi connectivity index (χ3n) is 5.68. The van der Waals surface area contributed by atoms with Crippen LogP contribution in [-0.2, 0) is 0 Å². The van der Waals surface area contributed by atoms with Gasteiger partial charge in [-0.2, -0.15) is 0 Å². The Morgan fingerprint density at radius 1 is 1.22 bits per heavy atom. The summed E-state index contributed by atoms with van der Waals surface area (Å²) in [4.78, 5) is 33.4. The molecule has 0 aliphatic carbocycles. The highest BCUT2D eigenvalue weighted by molar-refractivity contribution is 7.98. The molecule has 1 saturated heterocycles. The fourth-order valence-electron chi connectivity index (χ4n) is 4.16. The highest BCUT2D eigenvalue weighted by Gasteiger charge is 2.34. The van der Waals surface area contributed by atoms with Gasteiger partial charge in [-0.15, -0.1) is 11.8 Å². The molecule has 2 aromatic carbocycles. The maximum atomic E-state index is 13.7. The monoisotopic (exact) mass is 483 g/mol. The number of carbonyl (C=O) groups is 1. The van der Waals surface area contributed by atoms with Crippen LogP contribution < -0.4 is 0 Å². The van der Waals surface area contributed by atoms with Crippen LogP contribution in [0.1, 0.15) is 35.1 Å². The van der Waals surface area contributed by atoms with Crippen LogP contribution in [0.2, 0.25) is 10.0 Å². The second kappa shape index (κ2) is 8.73. The zero-order valence-corrected chi connectivity index (χ0v) is 19.5. The van der Waals surface area contributed by atoms with Crippen molar-refractivity contribution < 1.29 is 4.79 Å². The number of likely N-dealkylation sites (tertiary alicyclic amines) is 1. The van der Waals surface area contributed by atoms with Gasteiger partial charge in [-0.25, -0.2) is 15.0 Å². The number of para-hydroxylation sites is 1. The van der Waals surface area contributed by atoms with Gasteiger partial charge >= 0.3 is 0 Å². The lowest BCUT2D eigenvalue weighted by Crippen LogP contribution is -2.31. The third kappa shape index (κ3) is 3.74. The number of hydrogen-bond acceptors (Lipinski definition) is 5. The lowest BCUT2D eigenvalue weighted by Gasteiger charge is -2.24. The standard InChI is InChI=1S/C23H19Cl2N5OS/c1-32-19-6-2-4-17-21(19)29-22(28-17)18-5-3-9-30(18)23(31)14-11-26-12-27-20(14)13-7-8-15(24)16(25)10-13/h2,4,6-8,10-12,18H,3,5,9H2,1H3,(H,28,29)/t18-/m0/s1. The summed E-state index contributed by atoms with van der Waals surface area (Å²) in [5.74, 6) is 0.681. The van der Waals surface area contributed by atoms with Crippen LogP contribution in [0.3, 0.4) is 0 Å². The largest absolute Gasteiger partial charge is 0.340 e. The summed E-state index contributed by atoms with van der Waals surface area (Å²) in [6, 6.07) is 11.2. The van der Waals surface area contributed by atoms with Gasteiger partial charge in [0.15, 0.2) is 0 Å². The Kier molecular flexibility index (Phi) is 5.80. The first-order chi connectivity index (χ1) is 15.6. The molecule has 0 bridgehead atoms. The van der Waals surface area contributed by atoms with Gasteiger partial charge in [0.25, 0.3) is 5.91 Å². The van der Waals surface area contributed by atoms with Gasteiger partial charge in [0, 0.05) is 23.2 Å². The van der Waals surface area contributed by atoms with Gasteiger partial charge in [-0.1, -0.05) is 35.3 Å². The van der Waals surface area contributed by atoms with Crippen molar-refractivity contribution in [1.29, 1.82) is 0 Å². The van der Waals surface area contributed by atoms with E-state index < -0.39 is 0 Å². The molecule has 4 aromatic rings. The fraction of sp³-hybridized carbons (Fsp3) is 0.217. The van der Waals surface area contributed by atoms with Gasteiger partial charge in [0.05, 0.1) is 32.9 Å². The quantitative estimate of drug-likeness (QED) is 0.358. The third-order valence-corrected chi connectivity index (χ3v) is 7.19. The van der Waals surface area contributed by atoms with E-state index in [4.69, 9.17) is 28.2 Å². The molecule has 1 atom stereocenters. The number of imidazole rings is 1. The minimum absolute atomic E-state index is 0.125. The van der Waals surface area contributed by atoms with Crippen LogP contribution in [0.25, 0.3) is 22.3 Å². The van der Waals surface area contributed by atoms with E-state index in [1.807, 2.05) is 23.3 Å². The van der Waals surface area contributed by atoms with E-state index >= 15 is 0 Å². The number of nitrogens with zero attached hydrogens (tertiary/aromatic N) is 4. The van der Waals surface area contributed by atoms with E-state index in [2.05, 4.69) is 21.0 Å². The average molecular weight is 484 g/mol. The SMILES string of the molecule is CSc1cccc2[nH]c([C@@H]3CCCN3C(=O)c3cncnc3-c3ccc(Cl)c(Cl)c3)nc12. The predicted octanol–water partition coefficient (Wildman–Crippen LogP) is 6.03. The number of benzene rings is 2. The van der Waals surface area contributed by atoms with Crippen LogP contribution >= 0.6 is 35.0 Å². The summed E-state index contributed by atoms with van der Waals surface area (Å²) in [6.45, 7) is 0.644. The fourth-order valence-corrected chi connectivity index (χ4v) is 5.02. The number of hydrogen-bond donors (Lipinski definition) is 1. The molecular weight excluding hydrogens is 465 g/mol. The normalized spacial score (nSPS) is 16.1. The number of fused-ring (bicyclic) bond motifs is 1. The number of nitrogens with one attached hydrogen (secondary N) is 1. The molecule has 1 N–H and O–H groups in total. The Labute approximate surface area is 199 Å².